The van der Waals surface area contributed by atoms with E-state index in [0.717, 1.165) is 5.30 Å². The predicted octanol–water partition coefficient (Wildman–Crippen LogP) is 4.66. The molecule has 0 aliphatic rings. The highest BCUT2D eigenvalue weighted by molar-refractivity contribution is 7.80. The molecule has 0 saturated carbocycles. The zero-order valence-corrected chi connectivity index (χ0v) is 16.1. The normalized spacial score (nSPS) is 10.6. The Morgan fingerprint density at radius 3 is 1.61 bits per heavy atom. The molecule has 4 rings (SSSR count). The van der Waals surface area contributed by atoms with Crippen LogP contribution in [0.1, 0.15) is 10.4 Å². The fourth-order valence-corrected chi connectivity index (χ4v) is 5.51. The van der Waals surface area contributed by atoms with Crippen molar-refractivity contribution in [1.82, 2.24) is 0 Å². The van der Waals surface area contributed by atoms with E-state index in [4.69, 9.17) is 4.74 Å². The second-order valence-electron chi connectivity index (χ2n) is 6.23. The highest BCUT2D eigenvalue weighted by atomic mass is 31.1. The van der Waals surface area contributed by atoms with Crippen LogP contribution in [0.15, 0.2) is 115 Å². The van der Waals surface area contributed by atoms with Gasteiger partial charge >= 0.3 is 5.97 Å². The summed E-state index contributed by atoms with van der Waals surface area (Å²) in [5, 5.41) is 3.39. The van der Waals surface area contributed by atoms with Crippen LogP contribution in [-0.4, -0.2) is 5.97 Å². The third kappa shape index (κ3) is 4.03. The van der Waals surface area contributed by atoms with Crippen molar-refractivity contribution >= 4 is 29.8 Å². The highest BCUT2D eigenvalue weighted by Gasteiger charge is 2.23. The van der Waals surface area contributed by atoms with Gasteiger partial charge in [-0.25, -0.2) is 4.79 Å². The molecular weight excluding hydrogens is 363 g/mol. The van der Waals surface area contributed by atoms with Gasteiger partial charge in [-0.05, 0) is 42.0 Å². The molecule has 0 spiro atoms. The third-order valence-electron chi connectivity index (χ3n) is 4.35. The smallest absolute Gasteiger partial charge is 0.344 e. The number of para-hydroxylation sites is 1. The SMILES string of the molecule is O=C(Oc1ccccc1)c1ccccc1P(c1ccccc1)c1ccccc1. The molecule has 0 heterocycles. The molecular formula is C25H19O2P. The van der Waals surface area contributed by atoms with Gasteiger partial charge in [-0.2, -0.15) is 0 Å². The van der Waals surface area contributed by atoms with E-state index >= 15 is 0 Å². The number of ether oxygens (including phenoxy) is 1. The van der Waals surface area contributed by atoms with Crippen molar-refractivity contribution in [3.05, 3.63) is 121 Å². The average Bonchev–Trinajstić information content (AvgIpc) is 2.76. The van der Waals surface area contributed by atoms with Crippen molar-refractivity contribution in [3.8, 4) is 5.75 Å². The number of carbonyl (C=O) groups excluding carboxylic acids is 1. The topological polar surface area (TPSA) is 26.3 Å². The second-order valence-corrected chi connectivity index (χ2v) is 8.41. The summed E-state index contributed by atoms with van der Waals surface area (Å²) >= 11 is 0. The van der Waals surface area contributed by atoms with E-state index < -0.39 is 7.92 Å². The minimum absolute atomic E-state index is 0.332. The molecule has 0 radical (unpaired) electrons. The van der Waals surface area contributed by atoms with Crippen LogP contribution in [0, 0.1) is 0 Å². The maximum Gasteiger partial charge on any atom is 0.344 e. The van der Waals surface area contributed by atoms with Crippen LogP contribution in [0.3, 0.4) is 0 Å². The summed E-state index contributed by atoms with van der Waals surface area (Å²) in [7, 11) is -0.875. The van der Waals surface area contributed by atoms with Gasteiger partial charge in [0.1, 0.15) is 5.75 Å². The number of esters is 1. The van der Waals surface area contributed by atoms with Crippen LogP contribution < -0.4 is 20.7 Å². The third-order valence-corrected chi connectivity index (χ3v) is 6.85. The van der Waals surface area contributed by atoms with E-state index in [1.807, 2.05) is 78.9 Å². The molecule has 0 bridgehead atoms. The maximum absolute atomic E-state index is 13.0. The quantitative estimate of drug-likeness (QED) is 0.285. The first kappa shape index (κ1) is 18.2. The largest absolute Gasteiger partial charge is 0.423 e. The van der Waals surface area contributed by atoms with E-state index in [0.29, 0.717) is 11.3 Å². The van der Waals surface area contributed by atoms with Crippen LogP contribution in [0.2, 0.25) is 0 Å². The van der Waals surface area contributed by atoms with Gasteiger partial charge in [0, 0.05) is 0 Å². The fraction of sp³-hybridized carbons (Fsp3) is 0. The molecule has 4 aromatic rings. The number of rotatable bonds is 5. The first-order chi connectivity index (χ1) is 13.8. The van der Waals surface area contributed by atoms with Crippen molar-refractivity contribution in [2.45, 2.75) is 0 Å². The van der Waals surface area contributed by atoms with E-state index in [-0.39, 0.29) is 5.97 Å². The number of carbonyl (C=O) groups is 1. The molecule has 4 aromatic carbocycles. The van der Waals surface area contributed by atoms with Gasteiger partial charge in [0.15, 0.2) is 0 Å². The Hall–Kier alpha value is -3.22. The molecule has 0 amide bonds. The molecule has 28 heavy (non-hydrogen) atoms. The Morgan fingerprint density at radius 1 is 0.571 bits per heavy atom. The standard InChI is InChI=1S/C25H19O2P/c26-25(27-20-12-4-1-5-13-20)23-18-10-11-19-24(23)28(21-14-6-2-7-15-21)22-16-8-3-9-17-22/h1-19H. The van der Waals surface area contributed by atoms with E-state index in [2.05, 4.69) is 24.3 Å². The van der Waals surface area contributed by atoms with Crippen molar-refractivity contribution < 1.29 is 9.53 Å². The monoisotopic (exact) mass is 382 g/mol. The summed E-state index contributed by atoms with van der Waals surface area (Å²) in [6.45, 7) is 0. The van der Waals surface area contributed by atoms with Crippen LogP contribution in [0.4, 0.5) is 0 Å². The molecule has 0 aliphatic heterocycles. The van der Waals surface area contributed by atoms with Gasteiger partial charge in [0.05, 0.1) is 5.56 Å². The molecule has 2 nitrogen and oxygen atoms in total. The fourth-order valence-electron chi connectivity index (χ4n) is 3.07. The minimum atomic E-state index is -0.875. The van der Waals surface area contributed by atoms with Crippen molar-refractivity contribution in [3.63, 3.8) is 0 Å². The number of hydrogen-bond donors (Lipinski definition) is 0. The van der Waals surface area contributed by atoms with Gasteiger partial charge in [0.25, 0.3) is 0 Å². The van der Waals surface area contributed by atoms with Crippen molar-refractivity contribution in [2.75, 3.05) is 0 Å². The first-order valence-electron chi connectivity index (χ1n) is 9.09. The molecule has 0 saturated heterocycles. The van der Waals surface area contributed by atoms with E-state index in [1.165, 1.54) is 10.6 Å². The molecule has 0 unspecified atom stereocenters. The highest BCUT2D eigenvalue weighted by Crippen LogP contribution is 2.34. The second kappa shape index (κ2) is 8.65. The maximum atomic E-state index is 13.0. The van der Waals surface area contributed by atoms with Crippen molar-refractivity contribution in [2.24, 2.45) is 0 Å². The summed E-state index contributed by atoms with van der Waals surface area (Å²) < 4.78 is 5.63. The lowest BCUT2D eigenvalue weighted by atomic mass is 10.2. The lowest BCUT2D eigenvalue weighted by Crippen LogP contribution is -2.26. The summed E-state index contributed by atoms with van der Waals surface area (Å²) in [4.78, 5) is 13.0. The van der Waals surface area contributed by atoms with Crippen LogP contribution in [0.5, 0.6) is 5.75 Å². The van der Waals surface area contributed by atoms with Gasteiger partial charge < -0.3 is 4.74 Å². The summed E-state index contributed by atoms with van der Waals surface area (Å²) in [6, 6.07) is 37.6. The Bertz CT molecular complexity index is 1010. The summed E-state index contributed by atoms with van der Waals surface area (Å²) in [5.41, 5.74) is 0.602. The number of hydrogen-bond acceptors (Lipinski definition) is 2. The molecule has 0 atom stereocenters. The molecule has 0 aliphatic carbocycles. The van der Waals surface area contributed by atoms with Crippen LogP contribution in [0.25, 0.3) is 0 Å². The summed E-state index contributed by atoms with van der Waals surface area (Å²) in [5.74, 6) is 0.215. The molecule has 0 N–H and O–H groups in total. The van der Waals surface area contributed by atoms with Crippen molar-refractivity contribution in [1.29, 1.82) is 0 Å². The predicted molar refractivity (Wildman–Crippen MR) is 117 cm³/mol. The van der Waals surface area contributed by atoms with Gasteiger partial charge in [0.2, 0.25) is 0 Å². The van der Waals surface area contributed by atoms with E-state index in [9.17, 15) is 4.79 Å². The average molecular weight is 382 g/mol. The Kier molecular flexibility index (Phi) is 5.61. The zero-order chi connectivity index (χ0) is 19.2. The Morgan fingerprint density at radius 2 is 1.04 bits per heavy atom. The molecule has 3 heteroatoms. The van der Waals surface area contributed by atoms with Crippen LogP contribution >= 0.6 is 7.92 Å². The number of benzene rings is 4. The molecule has 136 valence electrons. The zero-order valence-electron chi connectivity index (χ0n) is 15.2. The lowest BCUT2D eigenvalue weighted by Gasteiger charge is -2.21. The summed E-state index contributed by atoms with van der Waals surface area (Å²) in [6.07, 6.45) is 0. The van der Waals surface area contributed by atoms with Gasteiger partial charge in [-0.1, -0.05) is 97.1 Å². The van der Waals surface area contributed by atoms with E-state index in [1.54, 1.807) is 12.1 Å². The van der Waals surface area contributed by atoms with Gasteiger partial charge in [-0.3, -0.25) is 0 Å². The minimum Gasteiger partial charge on any atom is -0.423 e. The molecule has 0 fully saturated rings. The Labute approximate surface area is 166 Å². The molecule has 0 aromatic heterocycles. The Balaban J connectivity index is 1.79. The first-order valence-corrected chi connectivity index (χ1v) is 10.4. The lowest BCUT2D eigenvalue weighted by molar-refractivity contribution is 0.0736. The van der Waals surface area contributed by atoms with Gasteiger partial charge in [-0.15, -0.1) is 0 Å². The van der Waals surface area contributed by atoms with Crippen LogP contribution in [-0.2, 0) is 0 Å².